The van der Waals surface area contributed by atoms with Crippen molar-refractivity contribution in [3.05, 3.63) is 0 Å². The molecular weight excluding hydrogens is 94.1 g/mol. The van der Waals surface area contributed by atoms with Gasteiger partial charge in [-0.2, -0.15) is 0 Å². The molecule has 1 aliphatic rings. The maximum Gasteiger partial charge on any atom is 0.175 e. The highest BCUT2D eigenvalue weighted by atomic mass is 16.5. The highest BCUT2D eigenvalue weighted by Crippen LogP contribution is 1.86. The molecule has 42 valence electrons. The molecule has 0 aromatic heterocycles. The molecule has 0 bridgehead atoms. The van der Waals surface area contributed by atoms with E-state index < -0.39 is 0 Å². The Morgan fingerprint density at radius 1 is 1.86 bits per heavy atom. The molecule has 1 rings (SSSR count). The van der Waals surface area contributed by atoms with E-state index in [-0.39, 0.29) is 6.35 Å². The number of hydrogen-bond acceptors (Lipinski definition) is 4. The van der Waals surface area contributed by atoms with Gasteiger partial charge in [-0.3, -0.25) is 11.2 Å². The average Bonchev–Trinajstić information content (AvgIpc) is 2.14. The minimum absolute atomic E-state index is 0.125. The Morgan fingerprint density at radius 3 is 3.00 bits per heavy atom. The van der Waals surface area contributed by atoms with Crippen LogP contribution in [0.1, 0.15) is 0 Å². The van der Waals surface area contributed by atoms with Crippen molar-refractivity contribution in [3.8, 4) is 0 Å². The van der Waals surface area contributed by atoms with E-state index >= 15 is 0 Å². The Bertz CT molecular complexity index is 52.1. The third-order valence-corrected chi connectivity index (χ3v) is 0.868. The van der Waals surface area contributed by atoms with Gasteiger partial charge in [0, 0.05) is 6.54 Å². The van der Waals surface area contributed by atoms with Crippen LogP contribution < -0.4 is 16.6 Å². The number of nitrogens with two attached hydrogens (primary N) is 1. The Morgan fingerprint density at radius 2 is 2.71 bits per heavy atom. The van der Waals surface area contributed by atoms with E-state index in [9.17, 15) is 0 Å². The van der Waals surface area contributed by atoms with Crippen LogP contribution in [0, 0.1) is 0 Å². The number of nitrogens with one attached hydrogen (secondary N) is 2. The Labute approximate surface area is 42.0 Å². The van der Waals surface area contributed by atoms with Crippen molar-refractivity contribution in [3.63, 3.8) is 0 Å². The highest BCUT2D eigenvalue weighted by molar-refractivity contribution is 4.55. The summed E-state index contributed by atoms with van der Waals surface area (Å²) in [6.45, 7) is 1.63. The molecule has 4 N–H and O–H groups in total. The molecule has 1 fully saturated rings. The summed E-state index contributed by atoms with van der Waals surface area (Å²) in [4.78, 5) is 0. The minimum atomic E-state index is -0.125. The van der Waals surface area contributed by atoms with Crippen molar-refractivity contribution >= 4 is 0 Å². The molecular formula is C3H9N3O. The van der Waals surface area contributed by atoms with E-state index in [0.29, 0.717) is 0 Å². The smallest absolute Gasteiger partial charge is 0.175 e. The molecule has 0 amide bonds. The zero-order valence-electron chi connectivity index (χ0n) is 3.98. The second kappa shape index (κ2) is 2.23. The molecule has 7 heavy (non-hydrogen) atoms. The maximum absolute atomic E-state index is 5.00. The molecule has 0 aliphatic carbocycles. The highest BCUT2D eigenvalue weighted by Gasteiger charge is 2.09. The quantitative estimate of drug-likeness (QED) is 0.275. The molecule has 1 heterocycles. The van der Waals surface area contributed by atoms with Gasteiger partial charge in [-0.15, -0.1) is 0 Å². The first-order valence-electron chi connectivity index (χ1n) is 2.24. The lowest BCUT2D eigenvalue weighted by molar-refractivity contribution is 0.0740. The summed E-state index contributed by atoms with van der Waals surface area (Å²) in [6.07, 6.45) is -0.125. The molecule has 4 heteroatoms. The van der Waals surface area contributed by atoms with Gasteiger partial charge in [-0.05, 0) is 0 Å². The van der Waals surface area contributed by atoms with Crippen molar-refractivity contribution in [2.24, 2.45) is 5.84 Å². The molecule has 1 aliphatic heterocycles. The summed E-state index contributed by atoms with van der Waals surface area (Å²) in [5.74, 6) is 5.00. The Kier molecular flexibility index (Phi) is 1.59. The van der Waals surface area contributed by atoms with Gasteiger partial charge in [-0.1, -0.05) is 0 Å². The van der Waals surface area contributed by atoms with Crippen molar-refractivity contribution < 1.29 is 4.74 Å². The molecule has 0 radical (unpaired) electrons. The van der Waals surface area contributed by atoms with Crippen LogP contribution in [-0.4, -0.2) is 19.5 Å². The van der Waals surface area contributed by atoms with Crippen LogP contribution in [0.15, 0.2) is 0 Å². The minimum Gasteiger partial charge on any atom is -0.347 e. The lowest BCUT2D eigenvalue weighted by atomic mass is 10.7. The zero-order chi connectivity index (χ0) is 5.11. The summed E-state index contributed by atoms with van der Waals surface area (Å²) in [5, 5.41) is 2.95. The fourth-order valence-corrected chi connectivity index (χ4v) is 0.533. The molecule has 1 saturated heterocycles. The predicted molar refractivity (Wildman–Crippen MR) is 25.1 cm³/mol. The van der Waals surface area contributed by atoms with Gasteiger partial charge in [0.05, 0.1) is 6.61 Å². The molecule has 0 aromatic rings. The second-order valence-corrected chi connectivity index (χ2v) is 1.37. The normalized spacial score (nSPS) is 31.3. The van der Waals surface area contributed by atoms with E-state index in [2.05, 4.69) is 10.7 Å². The van der Waals surface area contributed by atoms with Crippen LogP contribution in [0.4, 0.5) is 0 Å². The molecule has 4 nitrogen and oxygen atoms in total. The third-order valence-electron chi connectivity index (χ3n) is 0.868. The summed E-state index contributed by atoms with van der Waals surface area (Å²) >= 11 is 0. The Hall–Kier alpha value is -0.160. The predicted octanol–water partition coefficient (Wildman–Crippen LogP) is -1.65. The monoisotopic (exact) mass is 103 g/mol. The fourth-order valence-electron chi connectivity index (χ4n) is 0.533. The fraction of sp³-hybridized carbons (Fsp3) is 1.00. The number of rotatable bonds is 1. The van der Waals surface area contributed by atoms with Crippen molar-refractivity contribution in [1.82, 2.24) is 10.7 Å². The Balaban J connectivity index is 2.14. The second-order valence-electron chi connectivity index (χ2n) is 1.37. The lowest BCUT2D eigenvalue weighted by Crippen LogP contribution is -2.42. The first kappa shape index (κ1) is 4.99. The van der Waals surface area contributed by atoms with E-state index in [1.54, 1.807) is 0 Å². The van der Waals surface area contributed by atoms with Crippen LogP contribution >= 0.6 is 0 Å². The molecule has 0 aromatic carbocycles. The van der Waals surface area contributed by atoms with Gasteiger partial charge in [0.2, 0.25) is 0 Å². The van der Waals surface area contributed by atoms with Crippen molar-refractivity contribution in [1.29, 1.82) is 0 Å². The van der Waals surface area contributed by atoms with Crippen molar-refractivity contribution in [2.45, 2.75) is 6.35 Å². The SMILES string of the molecule is NNC1NCCO1. The van der Waals surface area contributed by atoms with E-state index in [4.69, 9.17) is 10.6 Å². The summed E-state index contributed by atoms with van der Waals surface area (Å²) < 4.78 is 4.95. The number of ether oxygens (including phenoxy) is 1. The van der Waals surface area contributed by atoms with Gasteiger partial charge < -0.3 is 4.74 Å². The van der Waals surface area contributed by atoms with E-state index in [0.717, 1.165) is 13.2 Å². The summed E-state index contributed by atoms with van der Waals surface area (Å²) in [5.41, 5.74) is 2.43. The van der Waals surface area contributed by atoms with Gasteiger partial charge in [-0.25, -0.2) is 5.43 Å². The van der Waals surface area contributed by atoms with Crippen LogP contribution in [-0.2, 0) is 4.74 Å². The van der Waals surface area contributed by atoms with Gasteiger partial charge in [0.15, 0.2) is 6.35 Å². The van der Waals surface area contributed by atoms with Crippen LogP contribution in [0.5, 0.6) is 0 Å². The summed E-state index contributed by atoms with van der Waals surface area (Å²) in [6, 6.07) is 0. The first-order valence-corrected chi connectivity index (χ1v) is 2.24. The third kappa shape index (κ3) is 1.10. The molecule has 1 unspecified atom stereocenters. The molecule has 1 atom stereocenters. The van der Waals surface area contributed by atoms with E-state index in [1.165, 1.54) is 0 Å². The number of hydrazine groups is 1. The lowest BCUT2D eigenvalue weighted by Gasteiger charge is -2.04. The average molecular weight is 103 g/mol. The maximum atomic E-state index is 5.00. The van der Waals surface area contributed by atoms with Crippen LogP contribution in [0.3, 0.4) is 0 Å². The van der Waals surface area contributed by atoms with Gasteiger partial charge in [0.25, 0.3) is 0 Å². The topological polar surface area (TPSA) is 59.3 Å². The summed E-state index contributed by atoms with van der Waals surface area (Å²) in [7, 11) is 0. The van der Waals surface area contributed by atoms with E-state index in [1.807, 2.05) is 0 Å². The largest absolute Gasteiger partial charge is 0.347 e. The van der Waals surface area contributed by atoms with Crippen LogP contribution in [0.2, 0.25) is 0 Å². The molecule has 0 spiro atoms. The van der Waals surface area contributed by atoms with Crippen LogP contribution in [0.25, 0.3) is 0 Å². The standard InChI is InChI=1S/C3H9N3O/c4-6-3-5-1-2-7-3/h3,5-6H,1-2,4H2. The molecule has 0 saturated carbocycles. The van der Waals surface area contributed by atoms with Gasteiger partial charge in [0.1, 0.15) is 0 Å². The van der Waals surface area contributed by atoms with Crippen molar-refractivity contribution in [2.75, 3.05) is 13.2 Å². The first-order chi connectivity index (χ1) is 3.43. The van der Waals surface area contributed by atoms with Gasteiger partial charge >= 0.3 is 0 Å². The number of hydrogen-bond donors (Lipinski definition) is 3. The zero-order valence-corrected chi connectivity index (χ0v) is 3.98.